The van der Waals surface area contributed by atoms with Gasteiger partial charge in [0, 0.05) is 23.5 Å². The highest BCUT2D eigenvalue weighted by molar-refractivity contribution is 5.78. The minimum Gasteiger partial charge on any atom is -0.343 e. The molecule has 2 unspecified atom stereocenters. The molecule has 0 N–H and O–H groups in total. The fraction of sp³-hybridized carbons (Fsp3) is 0.481. The number of hydrogen-bond donors (Lipinski definition) is 0. The number of benzene rings is 1. The van der Waals surface area contributed by atoms with E-state index in [1.807, 2.05) is 0 Å². The van der Waals surface area contributed by atoms with Crippen molar-refractivity contribution in [1.82, 2.24) is 4.90 Å². The molecule has 0 radical (unpaired) electrons. The first kappa shape index (κ1) is 19.3. The average molecular weight is 374 g/mol. The molecule has 0 aromatic heterocycles. The lowest BCUT2D eigenvalue weighted by atomic mass is 9.79. The van der Waals surface area contributed by atoms with Crippen molar-refractivity contribution in [2.45, 2.75) is 72.8 Å². The molecule has 0 saturated heterocycles. The van der Waals surface area contributed by atoms with E-state index in [1.165, 1.54) is 36.1 Å². The summed E-state index contributed by atoms with van der Waals surface area (Å²) in [5, 5.41) is 0. The molecule has 0 saturated carbocycles. The van der Waals surface area contributed by atoms with E-state index < -0.39 is 0 Å². The highest BCUT2D eigenvalue weighted by Crippen LogP contribution is 2.45. The van der Waals surface area contributed by atoms with Crippen molar-refractivity contribution in [3.8, 4) is 0 Å². The molecule has 2 atom stereocenters. The SMILES string of the molecule is C=C(C)C1=CN2C(=CC1=C)c1cc(CC)c3c(c1CC2C(C)C)CC(CC)C3. The fourth-order valence-electron chi connectivity index (χ4n) is 5.45. The van der Waals surface area contributed by atoms with Crippen LogP contribution >= 0.6 is 0 Å². The first-order valence-corrected chi connectivity index (χ1v) is 11.1. The van der Waals surface area contributed by atoms with Gasteiger partial charge in [-0.25, -0.2) is 0 Å². The molecule has 0 bridgehead atoms. The lowest BCUT2D eigenvalue weighted by Gasteiger charge is -2.44. The van der Waals surface area contributed by atoms with Crippen molar-refractivity contribution in [3.05, 3.63) is 76.0 Å². The van der Waals surface area contributed by atoms with Crippen LogP contribution in [0.25, 0.3) is 5.70 Å². The van der Waals surface area contributed by atoms with Gasteiger partial charge in [-0.3, -0.25) is 0 Å². The normalized spacial score (nSPS) is 23.2. The minimum atomic E-state index is 0.499. The number of aryl methyl sites for hydroxylation is 1. The Balaban J connectivity index is 1.91. The van der Waals surface area contributed by atoms with Crippen molar-refractivity contribution in [2.75, 3.05) is 0 Å². The molecular formula is C27H35N. The third-order valence-corrected chi connectivity index (χ3v) is 7.18. The van der Waals surface area contributed by atoms with Crippen molar-refractivity contribution in [3.63, 3.8) is 0 Å². The van der Waals surface area contributed by atoms with Gasteiger partial charge in [-0.05, 0) is 95.6 Å². The summed E-state index contributed by atoms with van der Waals surface area (Å²) in [7, 11) is 0. The number of hydrogen-bond acceptors (Lipinski definition) is 1. The lowest BCUT2D eigenvalue weighted by Crippen LogP contribution is -2.41. The summed E-state index contributed by atoms with van der Waals surface area (Å²) < 4.78 is 0. The van der Waals surface area contributed by atoms with Gasteiger partial charge in [0.15, 0.2) is 0 Å². The van der Waals surface area contributed by atoms with E-state index in [1.54, 1.807) is 22.3 Å². The zero-order chi connectivity index (χ0) is 20.2. The molecule has 0 amide bonds. The van der Waals surface area contributed by atoms with E-state index >= 15 is 0 Å². The molecule has 1 aromatic rings. The van der Waals surface area contributed by atoms with E-state index in [2.05, 4.69) is 71.0 Å². The molecule has 1 heteroatoms. The Morgan fingerprint density at radius 1 is 1.14 bits per heavy atom. The van der Waals surface area contributed by atoms with Gasteiger partial charge in [-0.2, -0.15) is 0 Å². The Kier molecular flexibility index (Phi) is 4.89. The Bertz CT molecular complexity index is 909. The van der Waals surface area contributed by atoms with Crippen LogP contribution in [0, 0.1) is 11.8 Å². The Hall–Kier alpha value is -2.02. The molecule has 28 heavy (non-hydrogen) atoms. The second-order valence-corrected chi connectivity index (χ2v) is 9.36. The van der Waals surface area contributed by atoms with Gasteiger partial charge in [-0.15, -0.1) is 0 Å². The summed E-state index contributed by atoms with van der Waals surface area (Å²) >= 11 is 0. The quantitative estimate of drug-likeness (QED) is 0.573. The lowest BCUT2D eigenvalue weighted by molar-refractivity contribution is 0.283. The van der Waals surface area contributed by atoms with Crippen molar-refractivity contribution < 1.29 is 0 Å². The van der Waals surface area contributed by atoms with Gasteiger partial charge < -0.3 is 4.90 Å². The summed E-state index contributed by atoms with van der Waals surface area (Å²) in [6.07, 6.45) is 10.8. The van der Waals surface area contributed by atoms with Gasteiger partial charge in [0.25, 0.3) is 0 Å². The van der Waals surface area contributed by atoms with Crippen LogP contribution in [0.2, 0.25) is 0 Å². The summed E-state index contributed by atoms with van der Waals surface area (Å²) in [5.74, 6) is 1.42. The maximum absolute atomic E-state index is 4.36. The van der Waals surface area contributed by atoms with Crippen LogP contribution in [0.3, 0.4) is 0 Å². The zero-order valence-corrected chi connectivity index (χ0v) is 18.4. The molecule has 0 spiro atoms. The number of rotatable bonds is 4. The van der Waals surface area contributed by atoms with Crippen molar-refractivity contribution in [2.24, 2.45) is 11.8 Å². The highest BCUT2D eigenvalue weighted by Gasteiger charge is 2.37. The van der Waals surface area contributed by atoms with Gasteiger partial charge in [0.1, 0.15) is 0 Å². The Labute approximate surface area is 171 Å². The maximum Gasteiger partial charge on any atom is 0.0491 e. The topological polar surface area (TPSA) is 3.24 Å². The van der Waals surface area contributed by atoms with E-state index in [4.69, 9.17) is 0 Å². The summed E-state index contributed by atoms with van der Waals surface area (Å²) in [5.41, 5.74) is 12.8. The predicted molar refractivity (Wildman–Crippen MR) is 121 cm³/mol. The summed E-state index contributed by atoms with van der Waals surface area (Å²) in [4.78, 5) is 2.53. The molecule has 2 heterocycles. The molecule has 148 valence electrons. The van der Waals surface area contributed by atoms with Gasteiger partial charge in [0.05, 0.1) is 0 Å². The maximum atomic E-state index is 4.36. The molecule has 1 nitrogen and oxygen atoms in total. The Morgan fingerprint density at radius 2 is 1.86 bits per heavy atom. The van der Waals surface area contributed by atoms with E-state index in [0.29, 0.717) is 12.0 Å². The minimum absolute atomic E-state index is 0.499. The monoisotopic (exact) mass is 373 g/mol. The highest BCUT2D eigenvalue weighted by atomic mass is 15.2. The van der Waals surface area contributed by atoms with Crippen LogP contribution in [-0.4, -0.2) is 10.9 Å². The summed E-state index contributed by atoms with van der Waals surface area (Å²) in [6, 6.07) is 3.01. The zero-order valence-electron chi connectivity index (χ0n) is 18.4. The van der Waals surface area contributed by atoms with Crippen LogP contribution in [0.15, 0.2) is 48.2 Å². The standard InChI is InChI=1S/C27H35N/c1-8-19-11-21-20(9-2)13-24-23(22(21)12-19)14-26(17(5)6)28-15-25(16(3)4)18(7)10-27(24)28/h10,13,15,17,19,26H,3,7-9,11-12,14H2,1-2,4-6H3. The number of fused-ring (bicyclic) bond motifs is 5. The van der Waals surface area contributed by atoms with Crippen LogP contribution in [0.4, 0.5) is 0 Å². The van der Waals surface area contributed by atoms with Crippen molar-refractivity contribution in [1.29, 1.82) is 0 Å². The molecule has 0 fully saturated rings. The predicted octanol–water partition coefficient (Wildman–Crippen LogP) is 6.63. The van der Waals surface area contributed by atoms with Gasteiger partial charge in [0.2, 0.25) is 0 Å². The van der Waals surface area contributed by atoms with E-state index in [0.717, 1.165) is 29.9 Å². The van der Waals surface area contributed by atoms with Gasteiger partial charge in [-0.1, -0.05) is 47.3 Å². The summed E-state index contributed by atoms with van der Waals surface area (Å²) in [6.45, 7) is 20.0. The fourth-order valence-corrected chi connectivity index (χ4v) is 5.45. The molecule has 1 aliphatic carbocycles. The largest absolute Gasteiger partial charge is 0.343 e. The number of nitrogens with zero attached hydrogens (tertiary/aromatic N) is 1. The van der Waals surface area contributed by atoms with E-state index in [-0.39, 0.29) is 0 Å². The second kappa shape index (κ2) is 7.10. The third kappa shape index (κ3) is 2.91. The smallest absolute Gasteiger partial charge is 0.0491 e. The van der Waals surface area contributed by atoms with Crippen LogP contribution < -0.4 is 0 Å². The van der Waals surface area contributed by atoms with Crippen molar-refractivity contribution >= 4 is 5.70 Å². The molecule has 1 aromatic carbocycles. The average Bonchev–Trinajstić information content (AvgIpc) is 3.10. The van der Waals surface area contributed by atoms with Crippen LogP contribution in [0.5, 0.6) is 0 Å². The molecular weight excluding hydrogens is 338 g/mol. The molecule has 4 rings (SSSR count). The first-order valence-electron chi connectivity index (χ1n) is 11.1. The third-order valence-electron chi connectivity index (χ3n) is 7.18. The molecule has 3 aliphatic rings. The van der Waals surface area contributed by atoms with Gasteiger partial charge >= 0.3 is 0 Å². The van der Waals surface area contributed by atoms with E-state index in [9.17, 15) is 0 Å². The second-order valence-electron chi connectivity index (χ2n) is 9.36. The van der Waals surface area contributed by atoms with Crippen LogP contribution in [0.1, 0.15) is 68.9 Å². The Morgan fingerprint density at radius 3 is 2.46 bits per heavy atom. The molecule has 2 aliphatic heterocycles. The number of allylic oxidation sites excluding steroid dienone is 4. The van der Waals surface area contributed by atoms with Crippen LogP contribution in [-0.2, 0) is 25.7 Å². The first-order chi connectivity index (χ1) is 13.3.